The van der Waals surface area contributed by atoms with Crippen molar-refractivity contribution in [2.75, 3.05) is 0 Å². The van der Waals surface area contributed by atoms with Crippen molar-refractivity contribution in [2.24, 2.45) is 7.05 Å². The lowest BCUT2D eigenvalue weighted by Crippen LogP contribution is -2.45. The van der Waals surface area contributed by atoms with Crippen molar-refractivity contribution in [1.82, 2.24) is 13.7 Å². The fourth-order valence-corrected chi connectivity index (χ4v) is 4.78. The van der Waals surface area contributed by atoms with Crippen LogP contribution in [0.2, 0.25) is 0 Å². The largest absolute Gasteiger partial charge is 0.479 e. The Hall–Kier alpha value is -4.39. The highest BCUT2D eigenvalue weighted by Crippen LogP contribution is 2.26. The van der Waals surface area contributed by atoms with Gasteiger partial charge in [0.1, 0.15) is 0 Å². The molecular weight excluding hydrogens is 430 g/mol. The van der Waals surface area contributed by atoms with E-state index >= 15 is 0 Å². The third kappa shape index (κ3) is 3.33. The molecule has 34 heavy (non-hydrogen) atoms. The number of benzene rings is 3. The van der Waals surface area contributed by atoms with Crippen LogP contribution < -0.4 is 11.2 Å². The van der Waals surface area contributed by atoms with Gasteiger partial charge in [-0.25, -0.2) is 14.2 Å². The third-order valence-electron chi connectivity index (χ3n) is 6.32. The molecule has 0 bridgehead atoms. The van der Waals surface area contributed by atoms with Crippen LogP contribution in [-0.2, 0) is 18.4 Å². The van der Waals surface area contributed by atoms with Crippen LogP contribution in [0.25, 0.3) is 21.8 Å². The Morgan fingerprint density at radius 1 is 0.912 bits per heavy atom. The molecule has 0 saturated heterocycles. The number of nitrogens with zero attached hydrogens (tertiary/aromatic N) is 3. The molecule has 3 aromatic carbocycles. The van der Waals surface area contributed by atoms with E-state index < -0.39 is 23.3 Å². The SMILES string of the molecule is Cc1cccc2c1c(Cn1c(=O)n(C(C(=O)O)c3ccccc3)c(=O)c3ccccc31)cn2C. The van der Waals surface area contributed by atoms with E-state index in [1.165, 1.54) is 4.57 Å². The normalized spacial score (nSPS) is 12.3. The van der Waals surface area contributed by atoms with Gasteiger partial charge in [-0.3, -0.25) is 9.36 Å². The molecule has 0 radical (unpaired) electrons. The Bertz CT molecular complexity index is 1680. The number of aromatic nitrogens is 3. The number of aryl methyl sites for hydroxylation is 2. The molecule has 0 aliphatic rings. The molecule has 0 aliphatic heterocycles. The van der Waals surface area contributed by atoms with Crippen molar-refractivity contribution >= 4 is 27.8 Å². The van der Waals surface area contributed by atoms with Crippen LogP contribution in [0.4, 0.5) is 0 Å². The van der Waals surface area contributed by atoms with Gasteiger partial charge in [-0.2, -0.15) is 0 Å². The van der Waals surface area contributed by atoms with E-state index in [1.807, 2.05) is 42.9 Å². The van der Waals surface area contributed by atoms with E-state index in [2.05, 4.69) is 0 Å². The fourth-order valence-electron chi connectivity index (χ4n) is 4.78. The van der Waals surface area contributed by atoms with Crippen LogP contribution in [-0.4, -0.2) is 24.8 Å². The lowest BCUT2D eigenvalue weighted by molar-refractivity contribution is -0.139. The van der Waals surface area contributed by atoms with E-state index in [9.17, 15) is 19.5 Å². The quantitative estimate of drug-likeness (QED) is 0.440. The molecule has 1 N–H and O–H groups in total. The Balaban J connectivity index is 1.82. The zero-order valence-corrected chi connectivity index (χ0v) is 18.8. The summed E-state index contributed by atoms with van der Waals surface area (Å²) in [4.78, 5) is 39.6. The Morgan fingerprint density at radius 3 is 2.32 bits per heavy atom. The van der Waals surface area contributed by atoms with Crippen molar-refractivity contribution in [3.05, 3.63) is 117 Å². The van der Waals surface area contributed by atoms with Gasteiger partial charge in [0.2, 0.25) is 0 Å². The number of hydrogen-bond donors (Lipinski definition) is 1. The summed E-state index contributed by atoms with van der Waals surface area (Å²) in [6.07, 6.45) is 1.97. The fraction of sp³-hybridized carbons (Fsp3) is 0.148. The molecular formula is C27H23N3O4. The molecule has 2 heterocycles. The number of fused-ring (bicyclic) bond motifs is 2. The van der Waals surface area contributed by atoms with Gasteiger partial charge < -0.3 is 9.67 Å². The third-order valence-corrected chi connectivity index (χ3v) is 6.32. The average molecular weight is 453 g/mol. The molecule has 0 saturated carbocycles. The van der Waals surface area contributed by atoms with E-state index in [0.717, 1.165) is 26.6 Å². The van der Waals surface area contributed by atoms with Crippen LogP contribution in [0.15, 0.2) is 88.6 Å². The molecule has 7 heteroatoms. The summed E-state index contributed by atoms with van der Waals surface area (Å²) in [7, 11) is 1.95. The van der Waals surface area contributed by atoms with Gasteiger partial charge >= 0.3 is 11.7 Å². The maximum Gasteiger partial charge on any atom is 0.332 e. The first kappa shape index (κ1) is 21.5. The van der Waals surface area contributed by atoms with Gasteiger partial charge in [0.15, 0.2) is 6.04 Å². The molecule has 0 amide bonds. The number of hydrogen-bond acceptors (Lipinski definition) is 3. The first-order valence-electron chi connectivity index (χ1n) is 10.9. The van der Waals surface area contributed by atoms with Gasteiger partial charge in [-0.15, -0.1) is 0 Å². The minimum Gasteiger partial charge on any atom is -0.479 e. The van der Waals surface area contributed by atoms with E-state index in [4.69, 9.17) is 0 Å². The number of carboxylic acids is 1. The summed E-state index contributed by atoms with van der Waals surface area (Å²) in [5, 5.41) is 11.4. The molecule has 5 rings (SSSR count). The van der Waals surface area contributed by atoms with Crippen LogP contribution in [0, 0.1) is 6.92 Å². The van der Waals surface area contributed by atoms with Gasteiger partial charge in [-0.1, -0.05) is 54.6 Å². The second-order valence-electron chi connectivity index (χ2n) is 8.45. The zero-order valence-electron chi connectivity index (χ0n) is 18.8. The number of carboxylic acid groups (broad SMARTS) is 1. The number of carbonyl (C=O) groups is 1. The van der Waals surface area contributed by atoms with Crippen molar-refractivity contribution in [3.8, 4) is 0 Å². The Labute approximate surface area is 194 Å². The summed E-state index contributed by atoms with van der Waals surface area (Å²) in [5.74, 6) is -1.27. The minimum absolute atomic E-state index is 0.197. The molecule has 1 unspecified atom stereocenters. The topological polar surface area (TPSA) is 86.2 Å². The maximum atomic E-state index is 13.8. The number of para-hydroxylation sites is 1. The van der Waals surface area contributed by atoms with Gasteiger partial charge in [0.25, 0.3) is 5.56 Å². The molecule has 1 atom stereocenters. The highest BCUT2D eigenvalue weighted by molar-refractivity contribution is 5.87. The van der Waals surface area contributed by atoms with Crippen molar-refractivity contribution < 1.29 is 9.90 Å². The molecule has 2 aromatic heterocycles. The van der Waals surface area contributed by atoms with Crippen LogP contribution in [0.1, 0.15) is 22.7 Å². The maximum absolute atomic E-state index is 13.8. The van der Waals surface area contributed by atoms with E-state index in [-0.39, 0.29) is 6.54 Å². The minimum atomic E-state index is -1.44. The second kappa shape index (κ2) is 8.19. The Morgan fingerprint density at radius 2 is 1.59 bits per heavy atom. The van der Waals surface area contributed by atoms with Gasteiger partial charge in [-0.05, 0) is 41.8 Å². The monoisotopic (exact) mass is 453 g/mol. The van der Waals surface area contributed by atoms with Crippen LogP contribution in [0.3, 0.4) is 0 Å². The highest BCUT2D eigenvalue weighted by Gasteiger charge is 2.28. The van der Waals surface area contributed by atoms with Gasteiger partial charge in [0, 0.05) is 24.1 Å². The first-order chi connectivity index (χ1) is 16.4. The molecule has 7 nitrogen and oxygen atoms in total. The van der Waals surface area contributed by atoms with Crippen LogP contribution >= 0.6 is 0 Å². The molecule has 0 spiro atoms. The molecule has 0 aliphatic carbocycles. The van der Waals surface area contributed by atoms with Crippen molar-refractivity contribution in [1.29, 1.82) is 0 Å². The summed E-state index contributed by atoms with van der Waals surface area (Å²) in [5.41, 5.74) is 2.57. The number of aliphatic carboxylic acids is 1. The summed E-state index contributed by atoms with van der Waals surface area (Å²) >= 11 is 0. The smallest absolute Gasteiger partial charge is 0.332 e. The predicted molar refractivity (Wildman–Crippen MR) is 131 cm³/mol. The standard InChI is InChI=1S/C27H23N3O4/c1-17-9-8-14-22-23(17)19(15-28(22)2)16-29-21-13-7-6-12-20(21)25(31)30(27(29)34)24(26(32)33)18-10-4-3-5-11-18/h3-15,24H,16H2,1-2H3,(H,32,33). The average Bonchev–Trinajstić information content (AvgIpc) is 3.16. The lowest BCUT2D eigenvalue weighted by Gasteiger charge is -2.19. The van der Waals surface area contributed by atoms with Gasteiger partial charge in [0.05, 0.1) is 17.4 Å². The van der Waals surface area contributed by atoms with Crippen molar-refractivity contribution in [3.63, 3.8) is 0 Å². The van der Waals surface area contributed by atoms with Crippen molar-refractivity contribution in [2.45, 2.75) is 19.5 Å². The highest BCUT2D eigenvalue weighted by atomic mass is 16.4. The summed E-state index contributed by atoms with van der Waals surface area (Å²) < 4.78 is 4.36. The van der Waals surface area contributed by atoms with E-state index in [1.54, 1.807) is 54.6 Å². The second-order valence-corrected chi connectivity index (χ2v) is 8.45. The zero-order chi connectivity index (χ0) is 24.0. The van der Waals surface area contributed by atoms with Crippen LogP contribution in [0.5, 0.6) is 0 Å². The molecule has 0 fully saturated rings. The van der Waals surface area contributed by atoms with E-state index in [0.29, 0.717) is 16.5 Å². The predicted octanol–water partition coefficient (Wildman–Crippen LogP) is 3.69. The number of rotatable bonds is 5. The Kier molecular flexibility index (Phi) is 5.17. The molecule has 170 valence electrons. The first-order valence-corrected chi connectivity index (χ1v) is 10.9. The summed E-state index contributed by atoms with van der Waals surface area (Å²) in [6, 6.07) is 19.8. The summed E-state index contributed by atoms with van der Waals surface area (Å²) in [6.45, 7) is 2.21. The lowest BCUT2D eigenvalue weighted by atomic mass is 10.1. The molecule has 5 aromatic rings.